The molecule has 0 amide bonds. The monoisotopic (exact) mass is 444 g/mol. The maximum atomic E-state index is 14.0. The van der Waals surface area contributed by atoms with E-state index in [0.717, 1.165) is 29.9 Å². The van der Waals surface area contributed by atoms with E-state index in [1.165, 1.54) is 43.9 Å². The molecule has 4 aromatic rings. The molecule has 1 unspecified atom stereocenters. The van der Waals surface area contributed by atoms with Crippen molar-refractivity contribution in [3.63, 3.8) is 0 Å². The molecular formula is C26H29FN6. The smallest absolute Gasteiger partial charge is 0.203 e. The minimum atomic E-state index is -0.338. The van der Waals surface area contributed by atoms with Crippen LogP contribution in [-0.4, -0.2) is 25.4 Å². The van der Waals surface area contributed by atoms with Gasteiger partial charge in [-0.25, -0.2) is 9.37 Å². The number of anilines is 1. The number of rotatable bonds is 7. The highest BCUT2D eigenvalue weighted by molar-refractivity contribution is 5.77. The van der Waals surface area contributed by atoms with E-state index in [1.54, 1.807) is 12.3 Å². The van der Waals surface area contributed by atoms with Crippen LogP contribution in [-0.2, 0) is 0 Å². The lowest BCUT2D eigenvalue weighted by Crippen LogP contribution is -2.14. The van der Waals surface area contributed by atoms with Crippen LogP contribution in [0.1, 0.15) is 73.5 Å². The van der Waals surface area contributed by atoms with Crippen LogP contribution in [0.4, 0.5) is 10.2 Å². The van der Waals surface area contributed by atoms with Gasteiger partial charge in [0.15, 0.2) is 0 Å². The molecule has 0 aliphatic heterocycles. The predicted octanol–water partition coefficient (Wildman–Crippen LogP) is 5.75. The molecular weight excluding hydrogens is 415 g/mol. The Morgan fingerprint density at radius 2 is 1.85 bits per heavy atom. The van der Waals surface area contributed by atoms with Crippen molar-refractivity contribution >= 4 is 17.0 Å². The lowest BCUT2D eigenvalue weighted by molar-refractivity contribution is 0.301. The van der Waals surface area contributed by atoms with Crippen molar-refractivity contribution in [2.75, 3.05) is 5.73 Å². The Hall–Kier alpha value is -3.35. The van der Waals surface area contributed by atoms with Crippen molar-refractivity contribution in [2.45, 2.75) is 56.8 Å². The van der Waals surface area contributed by atoms with Crippen LogP contribution in [0.25, 0.3) is 11.2 Å². The number of benzene rings is 1. The number of aromatic nitrogens is 5. The minimum absolute atomic E-state index is 0.0632. The van der Waals surface area contributed by atoms with Gasteiger partial charge in [-0.3, -0.25) is 4.98 Å². The fourth-order valence-electron chi connectivity index (χ4n) is 5.39. The zero-order valence-electron chi connectivity index (χ0n) is 18.6. The SMILES string of the molecule is Nc1cc(C(CCCC2CCC(c3ccccc3)CC2)c2cncc(F)c2)c2n[nH]nc2n1. The molecule has 6 nitrogen and oxygen atoms in total. The second kappa shape index (κ2) is 9.65. The molecule has 5 rings (SSSR count). The highest BCUT2D eigenvalue weighted by Gasteiger charge is 2.24. The van der Waals surface area contributed by atoms with Gasteiger partial charge in [-0.15, -0.1) is 5.10 Å². The molecule has 170 valence electrons. The van der Waals surface area contributed by atoms with E-state index in [4.69, 9.17) is 5.73 Å². The van der Waals surface area contributed by atoms with E-state index >= 15 is 0 Å². The molecule has 0 saturated heterocycles. The van der Waals surface area contributed by atoms with Crippen molar-refractivity contribution in [1.29, 1.82) is 0 Å². The molecule has 0 radical (unpaired) electrons. The quantitative estimate of drug-likeness (QED) is 0.379. The molecule has 1 aliphatic carbocycles. The van der Waals surface area contributed by atoms with Crippen LogP contribution in [0, 0.1) is 11.7 Å². The average Bonchev–Trinajstić information content (AvgIpc) is 3.31. The van der Waals surface area contributed by atoms with Gasteiger partial charge in [0.2, 0.25) is 5.65 Å². The zero-order valence-corrected chi connectivity index (χ0v) is 18.6. The lowest BCUT2D eigenvalue weighted by Gasteiger charge is -2.29. The van der Waals surface area contributed by atoms with Gasteiger partial charge in [-0.1, -0.05) is 43.2 Å². The number of H-pyrrole nitrogens is 1. The van der Waals surface area contributed by atoms with Gasteiger partial charge in [0.1, 0.15) is 17.2 Å². The first-order valence-electron chi connectivity index (χ1n) is 11.8. The van der Waals surface area contributed by atoms with Gasteiger partial charge < -0.3 is 5.73 Å². The molecule has 0 bridgehead atoms. The number of fused-ring (bicyclic) bond motifs is 1. The van der Waals surface area contributed by atoms with E-state index in [1.807, 2.05) is 6.07 Å². The largest absolute Gasteiger partial charge is 0.384 e. The molecule has 3 aromatic heterocycles. The van der Waals surface area contributed by atoms with Crippen LogP contribution in [0.3, 0.4) is 0 Å². The first-order chi connectivity index (χ1) is 16.2. The summed E-state index contributed by atoms with van der Waals surface area (Å²) >= 11 is 0. The summed E-state index contributed by atoms with van der Waals surface area (Å²) < 4.78 is 14.0. The Kier molecular flexibility index (Phi) is 6.28. The summed E-state index contributed by atoms with van der Waals surface area (Å²) in [6.45, 7) is 0. The van der Waals surface area contributed by atoms with Gasteiger partial charge in [0.05, 0.1) is 6.20 Å². The van der Waals surface area contributed by atoms with Gasteiger partial charge >= 0.3 is 0 Å². The highest BCUT2D eigenvalue weighted by Crippen LogP contribution is 2.39. The van der Waals surface area contributed by atoms with Gasteiger partial charge in [0, 0.05) is 12.1 Å². The van der Waals surface area contributed by atoms with Crippen LogP contribution >= 0.6 is 0 Å². The fourth-order valence-corrected chi connectivity index (χ4v) is 5.39. The molecule has 1 atom stereocenters. The van der Waals surface area contributed by atoms with Crippen molar-refractivity contribution in [3.8, 4) is 0 Å². The fraction of sp³-hybridized carbons (Fsp3) is 0.385. The number of halogens is 1. The molecule has 3 heterocycles. The number of nitrogens with two attached hydrogens (primary N) is 1. The Labute approximate surface area is 192 Å². The van der Waals surface area contributed by atoms with Crippen molar-refractivity contribution < 1.29 is 4.39 Å². The van der Waals surface area contributed by atoms with E-state index < -0.39 is 0 Å². The second-order valence-electron chi connectivity index (χ2n) is 9.18. The Bertz CT molecular complexity index is 1200. The van der Waals surface area contributed by atoms with Gasteiger partial charge in [-0.05, 0) is 72.8 Å². The van der Waals surface area contributed by atoms with Crippen molar-refractivity contribution in [3.05, 3.63) is 77.4 Å². The van der Waals surface area contributed by atoms with Crippen LogP contribution in [0.2, 0.25) is 0 Å². The van der Waals surface area contributed by atoms with E-state index in [2.05, 4.69) is 55.7 Å². The molecule has 1 fully saturated rings. The number of aromatic amines is 1. The summed E-state index contributed by atoms with van der Waals surface area (Å²) in [7, 11) is 0. The zero-order chi connectivity index (χ0) is 22.6. The first-order valence-corrected chi connectivity index (χ1v) is 11.8. The Morgan fingerprint density at radius 1 is 1.03 bits per heavy atom. The molecule has 1 aliphatic rings. The van der Waals surface area contributed by atoms with E-state index in [-0.39, 0.29) is 11.7 Å². The maximum Gasteiger partial charge on any atom is 0.203 e. The van der Waals surface area contributed by atoms with Crippen LogP contribution in [0.5, 0.6) is 0 Å². The topological polar surface area (TPSA) is 93.4 Å². The number of nitrogen functional groups attached to an aromatic ring is 1. The summed E-state index contributed by atoms with van der Waals surface area (Å²) in [6, 6.07) is 14.3. The van der Waals surface area contributed by atoms with E-state index in [9.17, 15) is 4.39 Å². The van der Waals surface area contributed by atoms with Crippen LogP contribution in [0.15, 0.2) is 54.9 Å². The lowest BCUT2D eigenvalue weighted by atomic mass is 9.76. The third kappa shape index (κ3) is 4.87. The number of hydrogen-bond donors (Lipinski definition) is 2. The molecule has 1 saturated carbocycles. The van der Waals surface area contributed by atoms with Crippen molar-refractivity contribution in [2.24, 2.45) is 5.92 Å². The highest BCUT2D eigenvalue weighted by atomic mass is 19.1. The number of pyridine rings is 2. The van der Waals surface area contributed by atoms with Crippen molar-refractivity contribution in [1.82, 2.24) is 25.4 Å². The Morgan fingerprint density at radius 3 is 2.64 bits per heavy atom. The number of hydrogen-bond acceptors (Lipinski definition) is 5. The summed E-state index contributed by atoms with van der Waals surface area (Å²) in [5.41, 5.74) is 10.4. The first kappa shape index (κ1) is 21.5. The third-order valence-corrected chi connectivity index (χ3v) is 7.07. The third-order valence-electron chi connectivity index (χ3n) is 7.07. The Balaban J connectivity index is 1.28. The van der Waals surface area contributed by atoms with Gasteiger partial charge in [-0.2, -0.15) is 10.3 Å². The molecule has 7 heteroatoms. The van der Waals surface area contributed by atoms with E-state index in [0.29, 0.717) is 22.9 Å². The normalized spacial score (nSPS) is 19.5. The number of nitrogens with one attached hydrogen (secondary N) is 1. The molecule has 3 N–H and O–H groups in total. The predicted molar refractivity (Wildman–Crippen MR) is 127 cm³/mol. The minimum Gasteiger partial charge on any atom is -0.384 e. The second-order valence-corrected chi connectivity index (χ2v) is 9.18. The maximum absolute atomic E-state index is 14.0. The molecule has 33 heavy (non-hydrogen) atoms. The summed E-state index contributed by atoms with van der Waals surface area (Å²) in [5.74, 6) is 1.42. The van der Waals surface area contributed by atoms with Crippen LogP contribution < -0.4 is 5.73 Å². The number of nitrogens with zero attached hydrogens (tertiary/aromatic N) is 4. The summed E-state index contributed by atoms with van der Waals surface area (Å²) in [5, 5.41) is 11.0. The molecule has 0 spiro atoms. The average molecular weight is 445 g/mol. The summed E-state index contributed by atoms with van der Waals surface area (Å²) in [6.07, 6.45) is 11.1. The molecule has 1 aromatic carbocycles. The van der Waals surface area contributed by atoms with Gasteiger partial charge in [0.25, 0.3) is 0 Å². The summed E-state index contributed by atoms with van der Waals surface area (Å²) in [4.78, 5) is 8.35. The standard InChI is InChI=1S/C26H29FN6/c27-21-13-20(15-29-16-21)22(23-14-24(28)30-26-25(23)31-33-32-26)8-4-5-17-9-11-19(12-10-17)18-6-2-1-3-7-18/h1-3,6-7,13-17,19,22H,4-5,8-12H2,(H3,28,30,31,32,33).